The zero-order chi connectivity index (χ0) is 13.0. The molecule has 0 saturated heterocycles. The molecule has 18 heavy (non-hydrogen) atoms. The predicted molar refractivity (Wildman–Crippen MR) is 70.5 cm³/mol. The lowest BCUT2D eigenvalue weighted by molar-refractivity contribution is 0.216. The van der Waals surface area contributed by atoms with Crippen molar-refractivity contribution >= 4 is 34.2 Å². The fourth-order valence-corrected chi connectivity index (χ4v) is 1.74. The Hall–Kier alpha value is -2.08. The molecule has 0 atom stereocenters. The van der Waals surface area contributed by atoms with E-state index < -0.39 is 6.03 Å². The Morgan fingerprint density at radius 1 is 1.44 bits per heavy atom. The van der Waals surface area contributed by atoms with E-state index in [1.165, 1.54) is 0 Å². The Morgan fingerprint density at radius 3 is 3.00 bits per heavy atom. The van der Waals surface area contributed by atoms with Crippen LogP contribution in [0.5, 0.6) is 0 Å². The number of H-pyrrole nitrogens is 1. The highest BCUT2D eigenvalue weighted by Gasteiger charge is 2.13. The lowest BCUT2D eigenvalue weighted by atomic mass is 10.2. The maximum Gasteiger partial charge on any atom is 0.344 e. The normalized spacial score (nSPS) is 10.3. The summed E-state index contributed by atoms with van der Waals surface area (Å²) in [5.41, 5.74) is 1.56. The van der Waals surface area contributed by atoms with Gasteiger partial charge >= 0.3 is 6.03 Å². The highest BCUT2D eigenvalue weighted by Crippen LogP contribution is 2.18. The third-order valence-corrected chi connectivity index (χ3v) is 2.60. The van der Waals surface area contributed by atoms with Crippen molar-refractivity contribution in [1.82, 2.24) is 9.99 Å². The van der Waals surface area contributed by atoms with Gasteiger partial charge in [-0.15, -0.1) is 16.5 Å². The van der Waals surface area contributed by atoms with Gasteiger partial charge in [-0.2, -0.15) is 5.01 Å². The Kier molecular flexibility index (Phi) is 3.78. The third kappa shape index (κ3) is 2.60. The van der Waals surface area contributed by atoms with Gasteiger partial charge in [-0.1, -0.05) is 0 Å². The van der Waals surface area contributed by atoms with Gasteiger partial charge in [0.05, 0.1) is 11.8 Å². The molecule has 6 nitrogen and oxygen atoms in total. The van der Waals surface area contributed by atoms with Gasteiger partial charge in [0.1, 0.15) is 0 Å². The molecule has 0 fully saturated rings. The van der Waals surface area contributed by atoms with Crippen LogP contribution in [0.15, 0.2) is 35.7 Å². The molecule has 7 heteroatoms. The van der Waals surface area contributed by atoms with Gasteiger partial charge in [-0.3, -0.25) is 0 Å². The van der Waals surface area contributed by atoms with Crippen LogP contribution in [0.4, 0.5) is 10.5 Å². The number of fused-ring (bicyclic) bond motifs is 1. The largest absolute Gasteiger partial charge is 0.361 e. The first-order valence-corrected chi connectivity index (χ1v) is 5.83. The summed E-state index contributed by atoms with van der Waals surface area (Å²) in [6.45, 7) is 0.0727. The number of halogens is 1. The minimum atomic E-state index is -0.597. The molecule has 2 aromatic rings. The lowest BCUT2D eigenvalue weighted by Crippen LogP contribution is -2.31. The van der Waals surface area contributed by atoms with E-state index in [9.17, 15) is 9.70 Å². The molecule has 2 rings (SSSR count). The van der Waals surface area contributed by atoms with Crippen LogP contribution in [0.3, 0.4) is 0 Å². The number of amides is 2. The van der Waals surface area contributed by atoms with Crippen LogP contribution in [0.2, 0.25) is 0 Å². The average molecular weight is 267 g/mol. The summed E-state index contributed by atoms with van der Waals surface area (Å²) in [5, 5.41) is 6.90. The Balaban J connectivity index is 2.12. The fourth-order valence-electron chi connectivity index (χ4n) is 1.58. The topological polar surface area (TPSA) is 77.6 Å². The van der Waals surface area contributed by atoms with Crippen LogP contribution in [-0.4, -0.2) is 28.4 Å². The van der Waals surface area contributed by atoms with E-state index in [2.05, 4.69) is 15.6 Å². The van der Waals surface area contributed by atoms with Crippen molar-refractivity contribution in [2.75, 3.05) is 17.7 Å². The number of aromatic nitrogens is 1. The van der Waals surface area contributed by atoms with Gasteiger partial charge in [0.2, 0.25) is 0 Å². The number of rotatable bonds is 4. The number of nitroso groups, excluding NO2 is 1. The van der Waals surface area contributed by atoms with Gasteiger partial charge in [-0.25, -0.2) is 4.79 Å². The summed E-state index contributed by atoms with van der Waals surface area (Å²) in [7, 11) is 0. The molecule has 0 radical (unpaired) electrons. The second-order valence-corrected chi connectivity index (χ2v) is 3.98. The van der Waals surface area contributed by atoms with Crippen LogP contribution in [0.1, 0.15) is 0 Å². The van der Waals surface area contributed by atoms with Crippen LogP contribution >= 0.6 is 11.6 Å². The zero-order valence-corrected chi connectivity index (χ0v) is 10.1. The van der Waals surface area contributed by atoms with Crippen molar-refractivity contribution in [3.05, 3.63) is 35.4 Å². The van der Waals surface area contributed by atoms with E-state index in [0.717, 1.165) is 15.9 Å². The number of carbonyl (C=O) groups is 1. The first-order chi connectivity index (χ1) is 8.74. The van der Waals surface area contributed by atoms with E-state index in [1.54, 1.807) is 12.1 Å². The molecule has 1 heterocycles. The Morgan fingerprint density at radius 2 is 2.28 bits per heavy atom. The van der Waals surface area contributed by atoms with E-state index in [0.29, 0.717) is 5.69 Å². The summed E-state index contributed by atoms with van der Waals surface area (Å²) in [4.78, 5) is 25.2. The molecule has 1 aromatic carbocycles. The molecular weight excluding hydrogens is 256 g/mol. The van der Waals surface area contributed by atoms with Gasteiger partial charge in [0.15, 0.2) is 0 Å². The minimum absolute atomic E-state index is 0.0727. The monoisotopic (exact) mass is 266 g/mol. The smallest absolute Gasteiger partial charge is 0.344 e. The first-order valence-electron chi connectivity index (χ1n) is 5.29. The van der Waals surface area contributed by atoms with Gasteiger partial charge < -0.3 is 10.3 Å². The van der Waals surface area contributed by atoms with E-state index >= 15 is 0 Å². The summed E-state index contributed by atoms with van der Waals surface area (Å²) < 4.78 is 0. The van der Waals surface area contributed by atoms with Crippen LogP contribution in [-0.2, 0) is 0 Å². The molecule has 0 aliphatic heterocycles. The first kappa shape index (κ1) is 12.4. The summed E-state index contributed by atoms with van der Waals surface area (Å²) >= 11 is 5.46. The number of urea groups is 1. The van der Waals surface area contributed by atoms with Crippen molar-refractivity contribution in [3.63, 3.8) is 0 Å². The third-order valence-electron chi connectivity index (χ3n) is 2.43. The van der Waals surface area contributed by atoms with Crippen molar-refractivity contribution in [2.24, 2.45) is 5.29 Å². The number of benzene rings is 1. The van der Waals surface area contributed by atoms with Crippen LogP contribution in [0.25, 0.3) is 10.9 Å². The molecule has 0 spiro atoms. The summed E-state index contributed by atoms with van der Waals surface area (Å²) in [5.74, 6) is 0.149. The van der Waals surface area contributed by atoms with Gasteiger partial charge in [-0.05, 0) is 24.3 Å². The molecule has 0 bridgehead atoms. The molecule has 94 valence electrons. The second-order valence-electron chi connectivity index (χ2n) is 3.60. The molecule has 0 aliphatic rings. The Bertz CT molecular complexity index is 569. The lowest BCUT2D eigenvalue weighted by Gasteiger charge is -2.12. The number of hydrogen-bond acceptors (Lipinski definition) is 3. The van der Waals surface area contributed by atoms with Crippen LogP contribution in [0, 0.1) is 4.91 Å². The number of aromatic amines is 1. The van der Waals surface area contributed by atoms with Gasteiger partial charge in [0.25, 0.3) is 0 Å². The summed E-state index contributed by atoms with van der Waals surface area (Å²) in [6, 6.07) is 6.67. The molecule has 1 aromatic heterocycles. The standard InChI is InChI=1S/C11H11ClN4O2/c12-4-6-16(15-18)11(17)14-9-1-2-10-8(7-9)3-5-13-10/h1-3,5,7,13H,4,6H2,(H,14,17). The average Bonchev–Trinajstić information content (AvgIpc) is 2.83. The van der Waals surface area contributed by atoms with E-state index in [-0.39, 0.29) is 12.4 Å². The fraction of sp³-hybridized carbons (Fsp3) is 0.182. The van der Waals surface area contributed by atoms with Crippen molar-refractivity contribution in [1.29, 1.82) is 0 Å². The van der Waals surface area contributed by atoms with Crippen molar-refractivity contribution < 1.29 is 4.79 Å². The predicted octanol–water partition coefficient (Wildman–Crippen LogP) is 2.92. The number of anilines is 1. The molecule has 0 aliphatic carbocycles. The molecule has 0 unspecified atom stereocenters. The number of nitrogens with zero attached hydrogens (tertiary/aromatic N) is 2. The number of nitrogens with one attached hydrogen (secondary N) is 2. The highest BCUT2D eigenvalue weighted by atomic mass is 35.5. The minimum Gasteiger partial charge on any atom is -0.361 e. The molecule has 0 saturated carbocycles. The number of alkyl halides is 1. The molecule has 2 amide bonds. The van der Waals surface area contributed by atoms with E-state index in [1.807, 2.05) is 18.3 Å². The Labute approximate surface area is 108 Å². The second kappa shape index (κ2) is 5.50. The van der Waals surface area contributed by atoms with Gasteiger partial charge in [0, 0.05) is 28.7 Å². The van der Waals surface area contributed by atoms with Crippen molar-refractivity contribution in [3.8, 4) is 0 Å². The van der Waals surface area contributed by atoms with E-state index in [4.69, 9.17) is 11.6 Å². The quantitative estimate of drug-likeness (QED) is 0.507. The number of carbonyl (C=O) groups excluding carboxylic acids is 1. The van der Waals surface area contributed by atoms with Crippen molar-refractivity contribution in [2.45, 2.75) is 0 Å². The maximum atomic E-state index is 11.7. The maximum absolute atomic E-state index is 11.7. The molecular formula is C11H11ClN4O2. The number of hydrogen-bond donors (Lipinski definition) is 2. The molecule has 2 N–H and O–H groups in total. The zero-order valence-electron chi connectivity index (χ0n) is 9.39. The van der Waals surface area contributed by atoms with Crippen LogP contribution < -0.4 is 5.32 Å². The summed E-state index contributed by atoms with van der Waals surface area (Å²) in [6.07, 6.45) is 1.81. The SMILES string of the molecule is O=NN(CCCl)C(=O)Nc1ccc2[nH]ccc2c1. The highest BCUT2D eigenvalue weighted by molar-refractivity contribution is 6.18.